The van der Waals surface area contributed by atoms with Gasteiger partial charge in [0.25, 0.3) is 0 Å². The molecule has 2 heterocycles. The number of pyridine rings is 1. The van der Waals surface area contributed by atoms with Crippen molar-refractivity contribution in [2.24, 2.45) is 11.7 Å². The Bertz CT molecular complexity index is 336. The van der Waals surface area contributed by atoms with Crippen molar-refractivity contribution in [1.82, 2.24) is 4.98 Å². The van der Waals surface area contributed by atoms with Crippen LogP contribution >= 0.6 is 0 Å². The van der Waals surface area contributed by atoms with E-state index in [1.54, 1.807) is 6.20 Å². The Hall–Kier alpha value is -1.13. The third kappa shape index (κ3) is 2.71. The van der Waals surface area contributed by atoms with Crippen LogP contribution in [0.1, 0.15) is 24.9 Å². The molecule has 0 aromatic carbocycles. The van der Waals surface area contributed by atoms with E-state index in [9.17, 15) is 0 Å². The minimum Gasteiger partial charge on any atom is -0.477 e. The molecule has 2 atom stereocenters. The fourth-order valence-corrected chi connectivity index (χ4v) is 1.78. The van der Waals surface area contributed by atoms with Gasteiger partial charge in [-0.1, -0.05) is 6.07 Å². The zero-order chi connectivity index (χ0) is 11.4. The SMILES string of the molecule is C[C@H](N)c1cccnc1OCC1CCOC1. The maximum absolute atomic E-state index is 5.85. The summed E-state index contributed by atoms with van der Waals surface area (Å²) in [7, 11) is 0. The van der Waals surface area contributed by atoms with E-state index in [2.05, 4.69) is 4.98 Å². The summed E-state index contributed by atoms with van der Waals surface area (Å²) in [4.78, 5) is 4.22. The van der Waals surface area contributed by atoms with Crippen LogP contribution in [0.2, 0.25) is 0 Å². The lowest BCUT2D eigenvalue weighted by Crippen LogP contribution is -2.15. The molecule has 4 nitrogen and oxygen atoms in total. The first-order valence-electron chi connectivity index (χ1n) is 5.68. The fraction of sp³-hybridized carbons (Fsp3) is 0.583. The van der Waals surface area contributed by atoms with Crippen LogP contribution in [0.4, 0.5) is 0 Å². The van der Waals surface area contributed by atoms with Crippen LogP contribution < -0.4 is 10.5 Å². The maximum Gasteiger partial charge on any atom is 0.218 e. The van der Waals surface area contributed by atoms with E-state index in [-0.39, 0.29) is 6.04 Å². The first-order valence-corrected chi connectivity index (χ1v) is 5.68. The summed E-state index contributed by atoms with van der Waals surface area (Å²) in [5.41, 5.74) is 6.81. The van der Waals surface area contributed by atoms with Crippen LogP contribution in [0.5, 0.6) is 5.88 Å². The van der Waals surface area contributed by atoms with E-state index >= 15 is 0 Å². The summed E-state index contributed by atoms with van der Waals surface area (Å²) < 4.78 is 11.0. The van der Waals surface area contributed by atoms with E-state index in [1.807, 2.05) is 19.1 Å². The van der Waals surface area contributed by atoms with E-state index in [4.69, 9.17) is 15.2 Å². The Labute approximate surface area is 95.8 Å². The summed E-state index contributed by atoms with van der Waals surface area (Å²) in [5.74, 6) is 1.15. The number of aromatic nitrogens is 1. The van der Waals surface area contributed by atoms with Gasteiger partial charge in [0, 0.05) is 30.3 Å². The van der Waals surface area contributed by atoms with Gasteiger partial charge in [-0.25, -0.2) is 4.98 Å². The molecule has 0 bridgehead atoms. The van der Waals surface area contributed by atoms with Gasteiger partial charge in [-0.15, -0.1) is 0 Å². The Balaban J connectivity index is 1.97. The Kier molecular flexibility index (Phi) is 3.74. The van der Waals surface area contributed by atoms with E-state index in [1.165, 1.54) is 0 Å². The Morgan fingerprint density at radius 3 is 3.25 bits per heavy atom. The third-order valence-electron chi connectivity index (χ3n) is 2.77. The summed E-state index contributed by atoms with van der Waals surface area (Å²) in [6, 6.07) is 3.78. The predicted octanol–water partition coefficient (Wildman–Crippen LogP) is 1.52. The molecule has 0 radical (unpaired) electrons. The highest BCUT2D eigenvalue weighted by atomic mass is 16.5. The number of nitrogens with zero attached hydrogens (tertiary/aromatic N) is 1. The molecule has 0 aliphatic carbocycles. The van der Waals surface area contributed by atoms with Crippen LogP contribution in [-0.2, 0) is 4.74 Å². The second-order valence-corrected chi connectivity index (χ2v) is 4.23. The predicted molar refractivity (Wildman–Crippen MR) is 61.3 cm³/mol. The topological polar surface area (TPSA) is 57.4 Å². The average molecular weight is 222 g/mol. The van der Waals surface area contributed by atoms with Crippen molar-refractivity contribution in [3.8, 4) is 5.88 Å². The van der Waals surface area contributed by atoms with Crippen molar-refractivity contribution in [3.63, 3.8) is 0 Å². The molecule has 0 saturated carbocycles. The van der Waals surface area contributed by atoms with Gasteiger partial charge in [0.2, 0.25) is 5.88 Å². The molecule has 4 heteroatoms. The highest BCUT2D eigenvalue weighted by molar-refractivity contribution is 5.28. The van der Waals surface area contributed by atoms with Crippen molar-refractivity contribution in [2.45, 2.75) is 19.4 Å². The smallest absolute Gasteiger partial charge is 0.218 e. The highest BCUT2D eigenvalue weighted by Gasteiger charge is 2.17. The average Bonchev–Trinajstić information content (AvgIpc) is 2.79. The van der Waals surface area contributed by atoms with Crippen LogP contribution in [0, 0.1) is 5.92 Å². The lowest BCUT2D eigenvalue weighted by molar-refractivity contribution is 0.165. The van der Waals surface area contributed by atoms with Gasteiger partial charge in [0.15, 0.2) is 0 Å². The Morgan fingerprint density at radius 1 is 1.69 bits per heavy atom. The zero-order valence-corrected chi connectivity index (χ0v) is 9.56. The van der Waals surface area contributed by atoms with Crippen LogP contribution in [0.15, 0.2) is 18.3 Å². The van der Waals surface area contributed by atoms with Crippen LogP contribution in [0.25, 0.3) is 0 Å². The summed E-state index contributed by atoms with van der Waals surface area (Å²) in [6.45, 7) is 4.23. The van der Waals surface area contributed by atoms with Gasteiger partial charge >= 0.3 is 0 Å². The van der Waals surface area contributed by atoms with E-state index in [0.29, 0.717) is 18.4 Å². The van der Waals surface area contributed by atoms with E-state index < -0.39 is 0 Å². The zero-order valence-electron chi connectivity index (χ0n) is 9.56. The number of ether oxygens (including phenoxy) is 2. The number of nitrogens with two attached hydrogens (primary N) is 1. The molecule has 2 N–H and O–H groups in total. The number of hydrogen-bond acceptors (Lipinski definition) is 4. The lowest BCUT2D eigenvalue weighted by atomic mass is 10.1. The van der Waals surface area contributed by atoms with Gasteiger partial charge in [-0.05, 0) is 19.4 Å². The molecular weight excluding hydrogens is 204 g/mol. The van der Waals surface area contributed by atoms with Crippen molar-refractivity contribution in [1.29, 1.82) is 0 Å². The van der Waals surface area contributed by atoms with E-state index in [0.717, 1.165) is 25.2 Å². The number of hydrogen-bond donors (Lipinski definition) is 1. The molecule has 88 valence electrons. The van der Waals surface area contributed by atoms with Gasteiger partial charge < -0.3 is 15.2 Å². The van der Waals surface area contributed by atoms with Crippen LogP contribution in [0.3, 0.4) is 0 Å². The van der Waals surface area contributed by atoms with Crippen molar-refractivity contribution < 1.29 is 9.47 Å². The number of rotatable bonds is 4. The van der Waals surface area contributed by atoms with Crippen molar-refractivity contribution in [3.05, 3.63) is 23.9 Å². The third-order valence-corrected chi connectivity index (χ3v) is 2.77. The molecule has 1 fully saturated rings. The normalized spacial score (nSPS) is 22.0. The highest BCUT2D eigenvalue weighted by Crippen LogP contribution is 2.22. The lowest BCUT2D eigenvalue weighted by Gasteiger charge is -2.14. The molecule has 2 rings (SSSR count). The van der Waals surface area contributed by atoms with Crippen molar-refractivity contribution >= 4 is 0 Å². The molecule has 16 heavy (non-hydrogen) atoms. The standard InChI is InChI=1S/C12H18N2O2/c1-9(13)11-3-2-5-14-12(11)16-8-10-4-6-15-7-10/h2-3,5,9-10H,4,6-8,13H2,1H3/t9-,10?/m0/s1. The van der Waals surface area contributed by atoms with Gasteiger partial charge in [0.05, 0.1) is 13.2 Å². The summed E-state index contributed by atoms with van der Waals surface area (Å²) in [5, 5.41) is 0. The fourth-order valence-electron chi connectivity index (χ4n) is 1.78. The van der Waals surface area contributed by atoms with Crippen molar-refractivity contribution in [2.75, 3.05) is 19.8 Å². The quantitative estimate of drug-likeness (QED) is 0.839. The van der Waals surface area contributed by atoms with Gasteiger partial charge in [-0.3, -0.25) is 0 Å². The maximum atomic E-state index is 5.85. The van der Waals surface area contributed by atoms with Gasteiger partial charge in [0.1, 0.15) is 0 Å². The van der Waals surface area contributed by atoms with Gasteiger partial charge in [-0.2, -0.15) is 0 Å². The molecule has 0 spiro atoms. The minimum absolute atomic E-state index is 0.0523. The second-order valence-electron chi connectivity index (χ2n) is 4.23. The molecular formula is C12H18N2O2. The first kappa shape index (κ1) is 11.4. The molecule has 1 aliphatic rings. The largest absolute Gasteiger partial charge is 0.477 e. The summed E-state index contributed by atoms with van der Waals surface area (Å²) >= 11 is 0. The summed E-state index contributed by atoms with van der Waals surface area (Å²) in [6.07, 6.45) is 2.80. The minimum atomic E-state index is -0.0523. The molecule has 1 aromatic rings. The molecule has 1 saturated heterocycles. The second kappa shape index (κ2) is 5.27. The molecule has 1 unspecified atom stereocenters. The van der Waals surface area contributed by atoms with Crippen LogP contribution in [-0.4, -0.2) is 24.8 Å². The molecule has 0 amide bonds. The first-order chi connectivity index (χ1) is 7.77. The molecule has 1 aromatic heterocycles. The molecule has 1 aliphatic heterocycles. The monoisotopic (exact) mass is 222 g/mol. The Morgan fingerprint density at radius 2 is 2.56 bits per heavy atom.